The first-order valence-electron chi connectivity index (χ1n) is 23.8. The number of halogens is 6. The predicted octanol–water partition coefficient (Wildman–Crippen LogP) is 8.14. The highest BCUT2D eigenvalue weighted by Gasteiger charge is 2.36. The molecule has 0 aliphatic carbocycles. The quantitative estimate of drug-likeness (QED) is 0.114. The Kier molecular flexibility index (Phi) is 17.0. The molecule has 0 spiro atoms. The van der Waals surface area contributed by atoms with Gasteiger partial charge in [-0.15, -0.1) is 0 Å². The summed E-state index contributed by atoms with van der Waals surface area (Å²) in [5.41, 5.74) is 14.3. The van der Waals surface area contributed by atoms with Crippen LogP contribution in [0, 0.1) is 11.6 Å². The largest absolute Gasteiger partial charge is 0.382 e. The molecule has 2 amide bonds. The summed E-state index contributed by atoms with van der Waals surface area (Å²) >= 11 is 24.7. The van der Waals surface area contributed by atoms with Gasteiger partial charge < -0.3 is 26.6 Å². The van der Waals surface area contributed by atoms with E-state index < -0.39 is 0 Å². The van der Waals surface area contributed by atoms with E-state index in [1.165, 1.54) is 12.1 Å². The number of aromatic nitrogens is 4. The molecule has 9 rings (SSSR count). The van der Waals surface area contributed by atoms with Crippen molar-refractivity contribution in [1.29, 1.82) is 0 Å². The van der Waals surface area contributed by atoms with E-state index in [2.05, 4.69) is 73.8 Å². The minimum atomic E-state index is -0.276. The van der Waals surface area contributed by atoms with Gasteiger partial charge in [-0.3, -0.25) is 24.9 Å². The number of amides is 2. The van der Waals surface area contributed by atoms with E-state index in [1.807, 2.05) is 0 Å². The number of likely N-dealkylation sites (tertiary alicyclic amines) is 2. The first kappa shape index (κ1) is 50.5. The van der Waals surface area contributed by atoms with Crippen LogP contribution in [0.1, 0.15) is 77.7 Å². The topological polar surface area (TPSA) is 164 Å². The van der Waals surface area contributed by atoms with Crippen LogP contribution in [0.5, 0.6) is 0 Å². The molecule has 5 aliphatic heterocycles. The average Bonchev–Trinajstić information content (AvgIpc) is 3.34. The molecule has 2 atom stereocenters. The second kappa shape index (κ2) is 22.9. The molecule has 372 valence electrons. The molecule has 6 N–H and O–H groups in total. The van der Waals surface area contributed by atoms with E-state index in [4.69, 9.17) is 57.9 Å². The van der Waals surface area contributed by atoms with E-state index in [9.17, 15) is 13.6 Å². The van der Waals surface area contributed by atoms with Crippen molar-refractivity contribution in [3.63, 3.8) is 0 Å². The molecule has 5 aliphatic rings. The van der Waals surface area contributed by atoms with Crippen LogP contribution in [0.2, 0.25) is 20.4 Å². The lowest BCUT2D eigenvalue weighted by molar-refractivity contribution is 0.0607. The molecule has 68 heavy (non-hydrogen) atoms. The predicted molar refractivity (Wildman–Crippen MR) is 272 cm³/mol. The Morgan fingerprint density at radius 3 is 1.65 bits per heavy atom. The zero-order chi connectivity index (χ0) is 48.1. The molecule has 2 aromatic heterocycles. The number of nitrogens with two attached hydrogens (primary N) is 2. The molecule has 15 nitrogen and oxygen atoms in total. The summed E-state index contributed by atoms with van der Waals surface area (Å²) in [4.78, 5) is 44.0. The number of carbonyl (C=O) groups is 1. The molecule has 2 aromatic carbocycles. The van der Waals surface area contributed by atoms with Crippen LogP contribution >= 0.6 is 46.4 Å². The Hall–Kier alpha value is -3.91. The van der Waals surface area contributed by atoms with Gasteiger partial charge in [-0.25, -0.2) is 33.5 Å². The Balaban J connectivity index is 0.000000224. The summed E-state index contributed by atoms with van der Waals surface area (Å²) in [6.07, 6.45) is 6.32. The van der Waals surface area contributed by atoms with Crippen LogP contribution in [0.3, 0.4) is 0 Å². The third kappa shape index (κ3) is 12.0. The monoisotopic (exact) mass is 1020 g/mol. The van der Waals surface area contributed by atoms with Gasteiger partial charge in [0.1, 0.15) is 23.1 Å². The first-order valence-corrected chi connectivity index (χ1v) is 25.3. The number of carbonyl (C=O) groups excluding carboxylic acids is 1. The number of nitrogen functional groups attached to an aromatic ring is 1. The Morgan fingerprint density at radius 2 is 1.18 bits per heavy atom. The van der Waals surface area contributed by atoms with E-state index in [0.29, 0.717) is 110 Å². The summed E-state index contributed by atoms with van der Waals surface area (Å²) in [7, 11) is 0. The highest BCUT2D eigenvalue weighted by Crippen LogP contribution is 2.33. The van der Waals surface area contributed by atoms with Gasteiger partial charge >= 0.3 is 6.03 Å². The molecule has 0 unspecified atom stereocenters. The number of nitrogens with one attached hydrogen (secondary N) is 2. The zero-order valence-electron chi connectivity index (χ0n) is 38.7. The number of anilines is 4. The fourth-order valence-electron chi connectivity index (χ4n) is 10.4. The highest BCUT2D eigenvalue weighted by molar-refractivity contribution is 6.32. The molecule has 7 heterocycles. The minimum Gasteiger partial charge on any atom is -0.382 e. The van der Waals surface area contributed by atoms with Crippen LogP contribution in [0.4, 0.5) is 36.8 Å². The maximum Gasteiger partial charge on any atom is 0.320 e. The van der Waals surface area contributed by atoms with E-state index in [1.54, 1.807) is 24.3 Å². The highest BCUT2D eigenvalue weighted by atomic mass is 35.5. The summed E-state index contributed by atoms with van der Waals surface area (Å²) in [5, 5.41) is 7.00. The van der Waals surface area contributed by atoms with Gasteiger partial charge in [-0.1, -0.05) is 72.4 Å². The second-order valence-electron chi connectivity index (χ2n) is 18.3. The number of urea groups is 1. The SMILES string of the molecule is CC[C@H]1CN(c2nc(N)c(CN)nc2Cl)CCN1C1CCN(Cc2ccc(Cl)cc2F)CC1.CC[C@H]1CN(c2nc3c(nc2Cl)CNC(=O)N3)CCN1C1CCN(Cc2ccc(Cl)cc2F)CC1.[HH].[HH]. The third-order valence-corrected chi connectivity index (χ3v) is 15.1. The minimum absolute atomic E-state index is 0. The van der Waals surface area contributed by atoms with E-state index in [-0.39, 0.29) is 27.1 Å². The van der Waals surface area contributed by atoms with Gasteiger partial charge in [0.25, 0.3) is 0 Å². The molecule has 0 saturated carbocycles. The van der Waals surface area contributed by atoms with Gasteiger partial charge in [-0.05, 0) is 89.0 Å². The van der Waals surface area contributed by atoms with E-state index in [0.717, 1.165) is 104 Å². The molecule has 4 saturated heterocycles. The van der Waals surface area contributed by atoms with Crippen molar-refractivity contribution in [2.75, 3.05) is 86.3 Å². The van der Waals surface area contributed by atoms with Crippen molar-refractivity contribution >= 4 is 75.7 Å². The number of nitrogens with zero attached hydrogens (tertiary/aromatic N) is 10. The maximum absolute atomic E-state index is 14.2. The standard InChI is InChI=1S/C24H30Cl2FN7O.C23H32Cl2FN7.2H2/c1-2-17-14-33(23-21(26)29-20-12-28-24(35)31-22(20)30-23)9-10-34(17)18-5-7-32(8-6-18)13-15-3-4-16(25)11-19(15)27;1-2-17-14-32(23-21(25)29-20(12-27)22(28)30-23)9-10-33(17)18-5-7-31(8-6-18)13-15-3-4-16(24)11-19(15)26;;/h3-4,11,17-18H,2,5-10,12-14H2,1H3,(H2,28,30,31,35);3-4,11,17-18H,2,5-10,12-14,27H2,1H3,(H2,28,30);2*1H/t2*17-;;/m00../s1. The third-order valence-electron chi connectivity index (χ3n) is 14.2. The number of hydrogen-bond donors (Lipinski definition) is 4. The number of fused-ring (bicyclic) bond motifs is 1. The lowest BCUT2D eigenvalue weighted by Crippen LogP contribution is -2.58. The fraction of sp³-hybridized carbons (Fsp3) is 0.553. The molecule has 0 bridgehead atoms. The van der Waals surface area contributed by atoms with Gasteiger partial charge in [-0.2, -0.15) is 0 Å². The van der Waals surface area contributed by atoms with Crippen molar-refractivity contribution in [2.24, 2.45) is 5.73 Å². The lowest BCUT2D eigenvalue weighted by atomic mass is 9.98. The van der Waals surface area contributed by atoms with Crippen molar-refractivity contribution in [3.8, 4) is 0 Å². The number of hydrogen-bond acceptors (Lipinski definition) is 13. The van der Waals surface area contributed by atoms with Crippen molar-refractivity contribution < 1.29 is 16.4 Å². The fourth-order valence-corrected chi connectivity index (χ4v) is 11.2. The number of rotatable bonds is 11. The smallest absolute Gasteiger partial charge is 0.320 e. The lowest BCUT2D eigenvalue weighted by Gasteiger charge is -2.47. The van der Waals surface area contributed by atoms with Crippen LogP contribution in [-0.4, -0.2) is 135 Å². The molecule has 21 heteroatoms. The maximum atomic E-state index is 14.2. The van der Waals surface area contributed by atoms with Crippen molar-refractivity contribution in [1.82, 2.24) is 44.9 Å². The second-order valence-corrected chi connectivity index (χ2v) is 19.9. The summed E-state index contributed by atoms with van der Waals surface area (Å²) in [6.45, 7) is 15.1. The number of piperidine rings is 2. The average molecular weight is 1020 g/mol. The van der Waals surface area contributed by atoms with Crippen LogP contribution < -0.4 is 31.9 Å². The zero-order valence-corrected chi connectivity index (χ0v) is 41.7. The molecular formula is C47H66Cl4F2N14O. The first-order chi connectivity index (χ1) is 32.8. The van der Waals surface area contributed by atoms with Crippen LogP contribution in [-0.2, 0) is 26.2 Å². The molecular weight excluding hydrogens is 956 g/mol. The number of piperazine rings is 2. The van der Waals surface area contributed by atoms with Gasteiger partial charge in [0.15, 0.2) is 27.8 Å². The van der Waals surface area contributed by atoms with Crippen LogP contribution in [0.15, 0.2) is 36.4 Å². The van der Waals surface area contributed by atoms with Crippen molar-refractivity contribution in [2.45, 2.75) is 103 Å². The van der Waals surface area contributed by atoms with Gasteiger partial charge in [0.05, 0.1) is 12.2 Å². The molecule has 4 fully saturated rings. The summed E-state index contributed by atoms with van der Waals surface area (Å²) in [6, 6.07) is 11.4. The van der Waals surface area contributed by atoms with Gasteiger partial charge in [0, 0.05) is 107 Å². The Morgan fingerprint density at radius 1 is 0.691 bits per heavy atom. The molecule has 4 aromatic rings. The Labute approximate surface area is 420 Å². The van der Waals surface area contributed by atoms with Crippen LogP contribution in [0.25, 0.3) is 0 Å². The van der Waals surface area contributed by atoms with Crippen molar-refractivity contribution in [3.05, 3.63) is 90.9 Å². The number of benzene rings is 2. The van der Waals surface area contributed by atoms with E-state index >= 15 is 0 Å². The Bertz CT molecular complexity index is 2400. The molecule has 0 radical (unpaired) electrons. The normalized spacial score (nSPS) is 21.5. The summed E-state index contributed by atoms with van der Waals surface area (Å²) in [5.74, 6) is 1.63. The van der Waals surface area contributed by atoms with Gasteiger partial charge in [0.2, 0.25) is 0 Å². The summed E-state index contributed by atoms with van der Waals surface area (Å²) < 4.78 is 28.4.